The van der Waals surface area contributed by atoms with Crippen LogP contribution in [0.5, 0.6) is 0 Å². The van der Waals surface area contributed by atoms with Crippen LogP contribution in [0.2, 0.25) is 0 Å². The zero-order chi connectivity index (χ0) is 14.9. The molecule has 0 aromatic heterocycles. The van der Waals surface area contributed by atoms with Crippen molar-refractivity contribution in [3.8, 4) is 0 Å². The van der Waals surface area contributed by atoms with Crippen LogP contribution in [0.25, 0.3) is 0 Å². The van der Waals surface area contributed by atoms with Crippen LogP contribution in [-0.4, -0.2) is 31.6 Å². The molecule has 20 heavy (non-hydrogen) atoms. The Morgan fingerprint density at radius 1 is 1.20 bits per heavy atom. The fraction of sp³-hybridized carbons (Fsp3) is 0.667. The molecular weight excluding hydrogens is 244 g/mol. The summed E-state index contributed by atoms with van der Waals surface area (Å²) in [5.41, 5.74) is 6.17. The summed E-state index contributed by atoms with van der Waals surface area (Å²) in [6.45, 7) is 15.0. The van der Waals surface area contributed by atoms with Crippen LogP contribution in [0.3, 0.4) is 0 Å². The molecule has 0 aliphatic carbocycles. The minimum absolute atomic E-state index is 0.435. The lowest BCUT2D eigenvalue weighted by atomic mass is 9.92. The first-order valence-electron chi connectivity index (χ1n) is 7.80. The van der Waals surface area contributed by atoms with Crippen LogP contribution < -0.4 is 5.32 Å². The number of rotatable bonds is 4. The van der Waals surface area contributed by atoms with Crippen molar-refractivity contribution in [2.24, 2.45) is 5.41 Å². The molecule has 0 amide bonds. The van der Waals surface area contributed by atoms with Crippen molar-refractivity contribution in [3.05, 3.63) is 34.4 Å². The van der Waals surface area contributed by atoms with Gasteiger partial charge in [-0.25, -0.2) is 0 Å². The molecule has 0 bridgehead atoms. The molecule has 2 heteroatoms. The SMILES string of the molecule is CNC(CN1CCC(C)(C)C1)c1c(C)cc(C)cc1C. The van der Waals surface area contributed by atoms with Gasteiger partial charge in [0.2, 0.25) is 0 Å². The van der Waals surface area contributed by atoms with Crippen molar-refractivity contribution in [1.82, 2.24) is 10.2 Å². The first-order valence-corrected chi connectivity index (χ1v) is 7.80. The molecule has 0 spiro atoms. The van der Waals surface area contributed by atoms with Crippen molar-refractivity contribution in [3.63, 3.8) is 0 Å². The van der Waals surface area contributed by atoms with Crippen molar-refractivity contribution < 1.29 is 0 Å². The molecule has 0 radical (unpaired) electrons. The van der Waals surface area contributed by atoms with Gasteiger partial charge in [-0.05, 0) is 62.9 Å². The quantitative estimate of drug-likeness (QED) is 0.902. The van der Waals surface area contributed by atoms with Gasteiger partial charge in [-0.1, -0.05) is 31.5 Å². The van der Waals surface area contributed by atoms with Gasteiger partial charge in [0.15, 0.2) is 0 Å². The Balaban J connectivity index is 2.17. The van der Waals surface area contributed by atoms with Crippen LogP contribution in [0.15, 0.2) is 12.1 Å². The maximum absolute atomic E-state index is 3.53. The smallest absolute Gasteiger partial charge is 0.0452 e. The molecule has 2 nitrogen and oxygen atoms in total. The van der Waals surface area contributed by atoms with E-state index >= 15 is 0 Å². The minimum Gasteiger partial charge on any atom is -0.312 e. The van der Waals surface area contributed by atoms with E-state index in [1.807, 2.05) is 0 Å². The van der Waals surface area contributed by atoms with E-state index < -0.39 is 0 Å². The summed E-state index contributed by atoms with van der Waals surface area (Å²) >= 11 is 0. The molecule has 1 saturated heterocycles. The van der Waals surface area contributed by atoms with E-state index in [9.17, 15) is 0 Å². The molecule has 1 aromatic carbocycles. The van der Waals surface area contributed by atoms with Gasteiger partial charge in [-0.3, -0.25) is 0 Å². The second-order valence-electron chi connectivity index (χ2n) is 7.30. The van der Waals surface area contributed by atoms with Crippen LogP contribution in [0.4, 0.5) is 0 Å². The lowest BCUT2D eigenvalue weighted by molar-refractivity contribution is 0.264. The maximum atomic E-state index is 3.53. The third-order valence-corrected chi connectivity index (χ3v) is 4.63. The van der Waals surface area contributed by atoms with Crippen LogP contribution in [0.1, 0.15) is 48.6 Å². The summed E-state index contributed by atoms with van der Waals surface area (Å²) < 4.78 is 0. The number of nitrogens with zero attached hydrogens (tertiary/aromatic N) is 1. The first-order chi connectivity index (χ1) is 9.32. The third kappa shape index (κ3) is 3.42. The maximum Gasteiger partial charge on any atom is 0.0452 e. The lowest BCUT2D eigenvalue weighted by Crippen LogP contribution is -2.34. The van der Waals surface area contributed by atoms with Gasteiger partial charge in [0.05, 0.1) is 0 Å². The average molecular weight is 274 g/mol. The highest BCUT2D eigenvalue weighted by Gasteiger charge is 2.30. The van der Waals surface area contributed by atoms with Crippen molar-refractivity contribution in [1.29, 1.82) is 0 Å². The van der Waals surface area contributed by atoms with Gasteiger partial charge in [0.1, 0.15) is 0 Å². The zero-order valence-corrected chi connectivity index (χ0v) is 14.0. The molecule has 1 N–H and O–H groups in total. The summed E-state index contributed by atoms with van der Waals surface area (Å²) in [6, 6.07) is 5.05. The Morgan fingerprint density at radius 3 is 2.25 bits per heavy atom. The molecule has 1 fully saturated rings. The van der Waals surface area contributed by atoms with Gasteiger partial charge in [-0.15, -0.1) is 0 Å². The Kier molecular flexibility index (Phi) is 4.55. The molecule has 1 aliphatic rings. The van der Waals surface area contributed by atoms with Crippen LogP contribution in [0, 0.1) is 26.2 Å². The number of hydrogen-bond donors (Lipinski definition) is 1. The average Bonchev–Trinajstić information content (AvgIpc) is 2.66. The van der Waals surface area contributed by atoms with E-state index in [4.69, 9.17) is 0 Å². The second-order valence-corrected chi connectivity index (χ2v) is 7.30. The van der Waals surface area contributed by atoms with Crippen molar-refractivity contribution >= 4 is 0 Å². The first kappa shape index (κ1) is 15.5. The van der Waals surface area contributed by atoms with E-state index in [1.54, 1.807) is 0 Å². The van der Waals surface area contributed by atoms with Gasteiger partial charge < -0.3 is 10.2 Å². The van der Waals surface area contributed by atoms with E-state index in [1.165, 1.54) is 41.8 Å². The second kappa shape index (κ2) is 5.87. The summed E-state index contributed by atoms with van der Waals surface area (Å²) in [4.78, 5) is 2.61. The topological polar surface area (TPSA) is 15.3 Å². The summed E-state index contributed by atoms with van der Waals surface area (Å²) in [7, 11) is 2.09. The zero-order valence-electron chi connectivity index (χ0n) is 14.0. The summed E-state index contributed by atoms with van der Waals surface area (Å²) in [6.07, 6.45) is 1.31. The predicted molar refractivity (Wildman–Crippen MR) is 87.3 cm³/mol. The molecule has 1 unspecified atom stereocenters. The standard InChI is InChI=1S/C18H30N2/c1-13-9-14(2)17(15(3)10-13)16(19-6)11-20-8-7-18(4,5)12-20/h9-10,16,19H,7-8,11-12H2,1-6H3. The van der Waals surface area contributed by atoms with E-state index in [-0.39, 0.29) is 0 Å². The molecule has 2 rings (SSSR count). The van der Waals surface area contributed by atoms with Crippen LogP contribution >= 0.6 is 0 Å². The number of benzene rings is 1. The fourth-order valence-corrected chi connectivity index (χ4v) is 3.71. The van der Waals surface area contributed by atoms with Gasteiger partial charge in [-0.2, -0.15) is 0 Å². The molecule has 1 atom stereocenters. The molecular formula is C18H30N2. The number of nitrogens with one attached hydrogen (secondary N) is 1. The monoisotopic (exact) mass is 274 g/mol. The van der Waals surface area contributed by atoms with Crippen molar-refractivity contribution in [2.45, 2.75) is 47.1 Å². The molecule has 112 valence electrons. The molecule has 0 saturated carbocycles. The number of hydrogen-bond acceptors (Lipinski definition) is 2. The predicted octanol–water partition coefficient (Wildman–Crippen LogP) is 3.60. The van der Waals surface area contributed by atoms with Gasteiger partial charge in [0, 0.05) is 19.1 Å². The third-order valence-electron chi connectivity index (χ3n) is 4.63. The highest BCUT2D eigenvalue weighted by atomic mass is 15.2. The normalized spacial score (nSPS) is 20.3. The Bertz CT molecular complexity index is 453. The fourth-order valence-electron chi connectivity index (χ4n) is 3.71. The molecule has 1 aromatic rings. The Labute approximate surface area is 124 Å². The number of likely N-dealkylation sites (tertiary alicyclic amines) is 1. The largest absolute Gasteiger partial charge is 0.312 e. The highest BCUT2D eigenvalue weighted by molar-refractivity contribution is 5.39. The van der Waals surface area contributed by atoms with Gasteiger partial charge >= 0.3 is 0 Å². The van der Waals surface area contributed by atoms with E-state index in [2.05, 4.69) is 64.0 Å². The Hall–Kier alpha value is -0.860. The number of aryl methyl sites for hydroxylation is 3. The molecule has 1 heterocycles. The van der Waals surface area contributed by atoms with E-state index in [0.717, 1.165) is 6.54 Å². The molecule has 1 aliphatic heterocycles. The van der Waals surface area contributed by atoms with Crippen LogP contribution in [-0.2, 0) is 0 Å². The highest BCUT2D eigenvalue weighted by Crippen LogP contribution is 2.31. The summed E-state index contributed by atoms with van der Waals surface area (Å²) in [5.74, 6) is 0. The van der Waals surface area contributed by atoms with Crippen molar-refractivity contribution in [2.75, 3.05) is 26.7 Å². The van der Waals surface area contributed by atoms with Gasteiger partial charge in [0.25, 0.3) is 0 Å². The summed E-state index contributed by atoms with van der Waals surface area (Å²) in [5, 5.41) is 3.53. The minimum atomic E-state index is 0.435. The van der Waals surface area contributed by atoms with E-state index in [0.29, 0.717) is 11.5 Å². The Morgan fingerprint density at radius 2 is 1.80 bits per heavy atom. The number of likely N-dealkylation sites (N-methyl/N-ethyl adjacent to an activating group) is 1. The lowest BCUT2D eigenvalue weighted by Gasteiger charge is -2.27.